The molecule has 0 spiro atoms. The Morgan fingerprint density at radius 3 is 2.57 bits per heavy atom. The summed E-state index contributed by atoms with van der Waals surface area (Å²) in [5.74, 6) is -0.431. The number of thiophene rings is 1. The minimum Gasteiger partial charge on any atom is -0.450 e. The summed E-state index contributed by atoms with van der Waals surface area (Å²) < 4.78 is 19.5. The molecule has 1 saturated heterocycles. The van der Waals surface area contributed by atoms with Gasteiger partial charge in [-0.05, 0) is 25.1 Å². The Hall–Kier alpha value is -2.15. The van der Waals surface area contributed by atoms with Gasteiger partial charge in [-0.1, -0.05) is 6.07 Å². The Bertz CT molecular complexity index is 738. The van der Waals surface area contributed by atoms with Crippen molar-refractivity contribution in [2.75, 3.05) is 32.8 Å². The highest BCUT2D eigenvalue weighted by Gasteiger charge is 2.26. The zero-order valence-electron chi connectivity index (χ0n) is 12.8. The van der Waals surface area contributed by atoms with Crippen molar-refractivity contribution in [3.63, 3.8) is 0 Å². The average Bonchev–Trinajstić information content (AvgIpc) is 3.00. The molecule has 122 valence electrons. The average molecular weight is 336 g/mol. The highest BCUT2D eigenvalue weighted by molar-refractivity contribution is 7.20. The van der Waals surface area contributed by atoms with Crippen LogP contribution in [-0.4, -0.2) is 54.6 Å². The first-order chi connectivity index (χ1) is 11.1. The maximum Gasteiger partial charge on any atom is 0.409 e. The topological polar surface area (TPSA) is 49.9 Å². The fraction of sp³-hybridized carbons (Fsp3) is 0.375. The third-order valence-corrected chi connectivity index (χ3v) is 4.90. The molecule has 0 aliphatic carbocycles. The molecular formula is C16H17FN2O3S. The number of nitrogens with zero attached hydrogens (tertiary/aromatic N) is 2. The summed E-state index contributed by atoms with van der Waals surface area (Å²) in [7, 11) is 0. The van der Waals surface area contributed by atoms with Crippen LogP contribution >= 0.6 is 11.3 Å². The zero-order valence-corrected chi connectivity index (χ0v) is 13.6. The molecule has 2 amide bonds. The van der Waals surface area contributed by atoms with Gasteiger partial charge in [0.05, 0.1) is 11.5 Å². The molecule has 1 aliphatic rings. The molecule has 0 N–H and O–H groups in total. The van der Waals surface area contributed by atoms with Crippen molar-refractivity contribution in [1.82, 2.24) is 9.80 Å². The molecule has 3 rings (SSSR count). The molecule has 7 heteroatoms. The smallest absolute Gasteiger partial charge is 0.409 e. The van der Waals surface area contributed by atoms with Crippen molar-refractivity contribution < 1.29 is 18.7 Å². The Morgan fingerprint density at radius 2 is 1.91 bits per heavy atom. The molecule has 0 bridgehead atoms. The van der Waals surface area contributed by atoms with E-state index in [1.807, 2.05) is 0 Å². The van der Waals surface area contributed by atoms with Crippen LogP contribution in [0.3, 0.4) is 0 Å². The van der Waals surface area contributed by atoms with Crippen molar-refractivity contribution in [2.24, 2.45) is 0 Å². The quantitative estimate of drug-likeness (QED) is 0.847. The van der Waals surface area contributed by atoms with Crippen LogP contribution in [0, 0.1) is 5.82 Å². The largest absolute Gasteiger partial charge is 0.450 e. The van der Waals surface area contributed by atoms with Gasteiger partial charge >= 0.3 is 6.09 Å². The van der Waals surface area contributed by atoms with E-state index in [-0.39, 0.29) is 17.8 Å². The van der Waals surface area contributed by atoms with E-state index >= 15 is 0 Å². The lowest BCUT2D eigenvalue weighted by atomic mass is 10.2. The third kappa shape index (κ3) is 3.14. The molecule has 0 atom stereocenters. The fourth-order valence-corrected chi connectivity index (χ4v) is 3.64. The first kappa shape index (κ1) is 15.7. The Balaban J connectivity index is 1.69. The van der Waals surface area contributed by atoms with Gasteiger partial charge in [0.1, 0.15) is 5.82 Å². The van der Waals surface area contributed by atoms with E-state index in [2.05, 4.69) is 0 Å². The van der Waals surface area contributed by atoms with Crippen molar-refractivity contribution in [1.29, 1.82) is 0 Å². The summed E-state index contributed by atoms with van der Waals surface area (Å²) in [6.07, 6.45) is -0.344. The Morgan fingerprint density at radius 1 is 1.22 bits per heavy atom. The molecule has 0 saturated carbocycles. The summed E-state index contributed by atoms with van der Waals surface area (Å²) in [5.41, 5.74) is 0. The van der Waals surface area contributed by atoms with Crippen molar-refractivity contribution in [3.8, 4) is 0 Å². The molecule has 2 aromatic rings. The van der Waals surface area contributed by atoms with E-state index in [1.165, 1.54) is 17.4 Å². The minimum absolute atomic E-state index is 0.117. The molecule has 5 nitrogen and oxygen atoms in total. The summed E-state index contributed by atoms with van der Waals surface area (Å²) in [6, 6.07) is 6.44. The fourth-order valence-electron chi connectivity index (χ4n) is 2.59. The number of fused-ring (bicyclic) bond motifs is 1. The number of piperazine rings is 1. The third-order valence-electron chi connectivity index (χ3n) is 3.81. The van der Waals surface area contributed by atoms with Gasteiger partial charge in [-0.3, -0.25) is 4.79 Å². The highest BCUT2D eigenvalue weighted by Crippen LogP contribution is 2.28. The number of carbonyl (C=O) groups excluding carboxylic acids is 2. The molecule has 1 aromatic heterocycles. The van der Waals surface area contributed by atoms with Crippen LogP contribution in [0.5, 0.6) is 0 Å². The van der Waals surface area contributed by atoms with Crippen molar-refractivity contribution in [2.45, 2.75) is 6.92 Å². The number of amides is 2. The van der Waals surface area contributed by atoms with Gasteiger partial charge in [0.25, 0.3) is 5.91 Å². The monoisotopic (exact) mass is 336 g/mol. The SMILES string of the molecule is CCOC(=O)N1CCN(C(=O)c2cc3c(F)cccc3s2)CC1. The van der Waals surface area contributed by atoms with Crippen LogP contribution in [-0.2, 0) is 4.74 Å². The highest BCUT2D eigenvalue weighted by atomic mass is 32.1. The summed E-state index contributed by atoms with van der Waals surface area (Å²) in [5, 5.41) is 0.478. The van der Waals surface area contributed by atoms with Crippen LogP contribution in [0.2, 0.25) is 0 Å². The van der Waals surface area contributed by atoms with E-state index in [4.69, 9.17) is 4.74 Å². The number of carbonyl (C=O) groups is 2. The van der Waals surface area contributed by atoms with Crippen LogP contribution in [0.15, 0.2) is 24.3 Å². The summed E-state index contributed by atoms with van der Waals surface area (Å²) in [4.78, 5) is 28.0. The van der Waals surface area contributed by atoms with E-state index in [9.17, 15) is 14.0 Å². The maximum atomic E-state index is 13.7. The van der Waals surface area contributed by atoms with Crippen LogP contribution < -0.4 is 0 Å². The molecule has 23 heavy (non-hydrogen) atoms. The number of benzene rings is 1. The number of hydrogen-bond donors (Lipinski definition) is 0. The lowest BCUT2D eigenvalue weighted by Gasteiger charge is -2.33. The second kappa shape index (κ2) is 6.54. The second-order valence-electron chi connectivity index (χ2n) is 5.24. The number of ether oxygens (including phenoxy) is 1. The zero-order chi connectivity index (χ0) is 16.4. The number of hydrogen-bond acceptors (Lipinski definition) is 4. The van der Waals surface area contributed by atoms with Crippen molar-refractivity contribution >= 4 is 33.4 Å². The lowest BCUT2D eigenvalue weighted by molar-refractivity contribution is 0.0574. The van der Waals surface area contributed by atoms with Gasteiger partial charge in [-0.25, -0.2) is 9.18 Å². The standard InChI is InChI=1S/C16H17FN2O3S/c1-2-22-16(21)19-8-6-18(7-9-19)15(20)14-10-11-12(17)4-3-5-13(11)23-14/h3-5,10H,2,6-9H2,1H3. The first-order valence-electron chi connectivity index (χ1n) is 7.49. The number of halogens is 1. The van der Waals surface area contributed by atoms with Crippen LogP contribution in [0.4, 0.5) is 9.18 Å². The molecule has 1 fully saturated rings. The molecule has 0 radical (unpaired) electrons. The normalized spacial score (nSPS) is 15.0. The van der Waals surface area contributed by atoms with Gasteiger partial charge in [-0.15, -0.1) is 11.3 Å². The van der Waals surface area contributed by atoms with Gasteiger partial charge < -0.3 is 14.5 Å². The van der Waals surface area contributed by atoms with Gasteiger partial charge in [0.2, 0.25) is 0 Å². The Labute approximate surface area is 137 Å². The van der Waals surface area contributed by atoms with E-state index < -0.39 is 0 Å². The molecule has 2 heterocycles. The second-order valence-corrected chi connectivity index (χ2v) is 6.32. The van der Waals surface area contributed by atoms with Crippen LogP contribution in [0.1, 0.15) is 16.6 Å². The number of rotatable bonds is 2. The lowest BCUT2D eigenvalue weighted by Crippen LogP contribution is -2.50. The molecule has 1 aliphatic heterocycles. The first-order valence-corrected chi connectivity index (χ1v) is 8.31. The van der Waals surface area contributed by atoms with Crippen LogP contribution in [0.25, 0.3) is 10.1 Å². The predicted molar refractivity (Wildman–Crippen MR) is 86.3 cm³/mol. The summed E-state index contributed by atoms with van der Waals surface area (Å²) in [6.45, 7) is 3.90. The van der Waals surface area contributed by atoms with Gasteiger partial charge in [0, 0.05) is 36.3 Å². The van der Waals surface area contributed by atoms with Gasteiger partial charge in [-0.2, -0.15) is 0 Å². The molecular weight excluding hydrogens is 319 g/mol. The van der Waals surface area contributed by atoms with E-state index in [0.29, 0.717) is 43.0 Å². The molecule has 1 aromatic carbocycles. The minimum atomic E-state index is -0.344. The predicted octanol–water partition coefficient (Wildman–Crippen LogP) is 2.95. The van der Waals surface area contributed by atoms with Gasteiger partial charge in [0.15, 0.2) is 0 Å². The maximum absolute atomic E-state index is 13.7. The summed E-state index contributed by atoms with van der Waals surface area (Å²) >= 11 is 1.29. The van der Waals surface area contributed by atoms with E-state index in [0.717, 1.165) is 4.70 Å². The Kier molecular flexibility index (Phi) is 4.47. The van der Waals surface area contributed by atoms with Crippen molar-refractivity contribution in [3.05, 3.63) is 35.0 Å². The molecule has 0 unspecified atom stereocenters. The van der Waals surface area contributed by atoms with E-state index in [1.54, 1.807) is 34.9 Å².